The molecule has 0 spiro atoms. The quantitative estimate of drug-likeness (QED) is 0.623. The van der Waals surface area contributed by atoms with Crippen molar-refractivity contribution in [3.63, 3.8) is 0 Å². The Balaban J connectivity index is 2.01. The Hall–Kier alpha value is -1.55. The molecule has 1 aromatic rings. The van der Waals surface area contributed by atoms with Crippen LogP contribution in [0.3, 0.4) is 0 Å². The van der Waals surface area contributed by atoms with Gasteiger partial charge in [-0.3, -0.25) is 0 Å². The van der Waals surface area contributed by atoms with Crippen molar-refractivity contribution in [2.24, 2.45) is 0 Å². The number of aromatic hydroxyl groups is 1. The molecule has 17 heavy (non-hydrogen) atoms. The number of hydrogen-bond acceptors (Lipinski definition) is 3. The van der Waals surface area contributed by atoms with E-state index in [1.165, 1.54) is 6.07 Å². The zero-order valence-electron chi connectivity index (χ0n) is 10.2. The molecule has 0 bridgehead atoms. The van der Waals surface area contributed by atoms with Crippen molar-refractivity contribution in [3.05, 3.63) is 29.8 Å². The monoisotopic (exact) mass is 236 g/mol. The third-order valence-electron chi connectivity index (χ3n) is 3.15. The number of carbonyl (C=O) groups excluding carboxylic acids is 1. The van der Waals surface area contributed by atoms with Crippen molar-refractivity contribution in [2.75, 3.05) is 27.2 Å². The van der Waals surface area contributed by atoms with Crippen molar-refractivity contribution in [1.82, 2.24) is 0 Å². The second-order valence-corrected chi connectivity index (χ2v) is 5.18. The molecule has 0 aromatic heterocycles. The van der Waals surface area contributed by atoms with Gasteiger partial charge in [0.15, 0.2) is 6.10 Å². The largest absolute Gasteiger partial charge is 0.507 e. The Labute approximate surface area is 101 Å². The van der Waals surface area contributed by atoms with Gasteiger partial charge in [-0.05, 0) is 12.1 Å². The van der Waals surface area contributed by atoms with Crippen LogP contribution in [0.2, 0.25) is 0 Å². The number of likely N-dealkylation sites (tertiary alicyclic amines) is 1. The van der Waals surface area contributed by atoms with Crippen LogP contribution in [0.1, 0.15) is 16.8 Å². The summed E-state index contributed by atoms with van der Waals surface area (Å²) in [5.74, 6) is -0.459. The number of hydrogen-bond donors (Lipinski definition) is 1. The smallest absolute Gasteiger partial charge is 0.342 e. The molecule has 1 aliphatic rings. The molecule has 1 atom stereocenters. The number of phenols is 1. The van der Waals surface area contributed by atoms with Crippen molar-refractivity contribution in [2.45, 2.75) is 12.5 Å². The zero-order chi connectivity index (χ0) is 12.5. The number of para-hydroxylation sites is 1. The van der Waals surface area contributed by atoms with Crippen LogP contribution in [0.4, 0.5) is 0 Å². The van der Waals surface area contributed by atoms with Gasteiger partial charge >= 0.3 is 5.97 Å². The predicted molar refractivity (Wildman–Crippen MR) is 63.8 cm³/mol. The van der Waals surface area contributed by atoms with Gasteiger partial charge in [0.2, 0.25) is 0 Å². The molecule has 0 saturated carbocycles. The average molecular weight is 236 g/mol. The number of rotatable bonds is 2. The summed E-state index contributed by atoms with van der Waals surface area (Å²) in [6, 6.07) is 6.46. The van der Waals surface area contributed by atoms with Gasteiger partial charge in [-0.25, -0.2) is 4.79 Å². The molecule has 0 aliphatic carbocycles. The summed E-state index contributed by atoms with van der Waals surface area (Å²) < 4.78 is 6.27. The Morgan fingerprint density at radius 2 is 2.12 bits per heavy atom. The summed E-state index contributed by atoms with van der Waals surface area (Å²) in [4.78, 5) is 11.8. The fourth-order valence-corrected chi connectivity index (χ4v) is 2.18. The summed E-state index contributed by atoms with van der Waals surface area (Å²) >= 11 is 0. The molecule has 1 N–H and O–H groups in total. The van der Waals surface area contributed by atoms with Gasteiger partial charge in [0.05, 0.1) is 20.6 Å². The lowest BCUT2D eigenvalue weighted by molar-refractivity contribution is -0.879. The van der Waals surface area contributed by atoms with Gasteiger partial charge in [-0.15, -0.1) is 0 Å². The standard InChI is InChI=1S/C13H17NO3/c1-14(2)8-7-10(9-14)17-13(16)11-5-3-4-6-12(11)15/h3-6,10H,7-9H2,1-2H3/p+1. The zero-order valence-corrected chi connectivity index (χ0v) is 10.2. The highest BCUT2D eigenvalue weighted by Gasteiger charge is 2.33. The highest BCUT2D eigenvalue weighted by molar-refractivity contribution is 5.92. The summed E-state index contributed by atoms with van der Waals surface area (Å²) in [7, 11) is 4.24. The van der Waals surface area contributed by atoms with Gasteiger partial charge in [-0.1, -0.05) is 12.1 Å². The molecular formula is C13H18NO3+. The van der Waals surface area contributed by atoms with E-state index in [4.69, 9.17) is 4.74 Å². The van der Waals surface area contributed by atoms with Gasteiger partial charge in [0.25, 0.3) is 0 Å². The molecule has 4 nitrogen and oxygen atoms in total. The lowest BCUT2D eigenvalue weighted by atomic mass is 10.2. The van der Waals surface area contributed by atoms with E-state index in [1.807, 2.05) is 0 Å². The van der Waals surface area contributed by atoms with E-state index in [9.17, 15) is 9.90 Å². The third-order valence-corrected chi connectivity index (χ3v) is 3.15. The number of phenolic OH excluding ortho intramolecular Hbond substituents is 1. The SMILES string of the molecule is C[N+]1(C)CCC(OC(=O)c2ccccc2O)C1. The van der Waals surface area contributed by atoms with Crippen LogP contribution < -0.4 is 0 Å². The summed E-state index contributed by atoms with van der Waals surface area (Å²) in [6.45, 7) is 1.85. The molecule has 1 aromatic carbocycles. The predicted octanol–water partition coefficient (Wildman–Crippen LogP) is 1.40. The van der Waals surface area contributed by atoms with Crippen LogP contribution >= 0.6 is 0 Å². The van der Waals surface area contributed by atoms with Crippen molar-refractivity contribution in [1.29, 1.82) is 0 Å². The number of quaternary nitrogens is 1. The van der Waals surface area contributed by atoms with E-state index in [-0.39, 0.29) is 17.4 Å². The maximum absolute atomic E-state index is 11.8. The van der Waals surface area contributed by atoms with Crippen LogP contribution in [-0.4, -0.2) is 48.8 Å². The highest BCUT2D eigenvalue weighted by Crippen LogP contribution is 2.21. The first kappa shape index (κ1) is 11.9. The number of carbonyl (C=O) groups is 1. The topological polar surface area (TPSA) is 46.5 Å². The molecule has 1 aliphatic heterocycles. The third kappa shape index (κ3) is 2.77. The Morgan fingerprint density at radius 1 is 1.41 bits per heavy atom. The molecule has 1 heterocycles. The lowest BCUT2D eigenvalue weighted by Gasteiger charge is -2.22. The van der Waals surface area contributed by atoms with Crippen LogP contribution in [0.25, 0.3) is 0 Å². The fourth-order valence-electron chi connectivity index (χ4n) is 2.18. The number of nitrogens with zero attached hydrogens (tertiary/aromatic N) is 1. The van der Waals surface area contributed by atoms with E-state index in [1.54, 1.807) is 18.2 Å². The molecule has 0 amide bonds. The molecule has 1 fully saturated rings. The number of likely N-dealkylation sites (N-methyl/N-ethyl adjacent to an activating group) is 1. The summed E-state index contributed by atoms with van der Waals surface area (Å²) in [5, 5.41) is 9.55. The molecule has 1 unspecified atom stereocenters. The average Bonchev–Trinajstić information content (AvgIpc) is 2.58. The van der Waals surface area contributed by atoms with Crippen LogP contribution in [0, 0.1) is 0 Å². The Bertz CT molecular complexity index is 428. The number of ether oxygens (including phenoxy) is 1. The highest BCUT2D eigenvalue weighted by atomic mass is 16.5. The van der Waals surface area contributed by atoms with E-state index in [2.05, 4.69) is 14.1 Å². The fraction of sp³-hybridized carbons (Fsp3) is 0.462. The molecule has 0 radical (unpaired) electrons. The second-order valence-electron chi connectivity index (χ2n) is 5.18. The van der Waals surface area contributed by atoms with Crippen molar-refractivity contribution in [3.8, 4) is 5.75 Å². The van der Waals surface area contributed by atoms with Crippen LogP contribution in [0.15, 0.2) is 24.3 Å². The minimum atomic E-state index is -0.435. The molecular weight excluding hydrogens is 218 g/mol. The minimum Gasteiger partial charge on any atom is -0.507 e. The van der Waals surface area contributed by atoms with E-state index >= 15 is 0 Å². The summed E-state index contributed by atoms with van der Waals surface area (Å²) in [6.07, 6.45) is 0.837. The van der Waals surface area contributed by atoms with E-state index in [0.717, 1.165) is 24.0 Å². The lowest BCUT2D eigenvalue weighted by Crippen LogP contribution is -2.38. The first-order valence-corrected chi connectivity index (χ1v) is 5.79. The second kappa shape index (κ2) is 4.37. The van der Waals surface area contributed by atoms with Crippen molar-refractivity contribution >= 4 is 5.97 Å². The van der Waals surface area contributed by atoms with E-state index in [0.29, 0.717) is 0 Å². The first-order chi connectivity index (χ1) is 7.98. The number of esters is 1. The van der Waals surface area contributed by atoms with Gasteiger partial charge in [0.1, 0.15) is 17.9 Å². The first-order valence-electron chi connectivity index (χ1n) is 5.79. The summed E-state index contributed by atoms with van der Waals surface area (Å²) in [5.41, 5.74) is 0.240. The minimum absolute atomic E-state index is 0.0238. The van der Waals surface area contributed by atoms with Crippen LogP contribution in [-0.2, 0) is 4.74 Å². The maximum atomic E-state index is 11.8. The molecule has 92 valence electrons. The Kier molecular flexibility index (Phi) is 3.07. The molecule has 1 saturated heterocycles. The van der Waals surface area contributed by atoms with Gasteiger partial charge in [-0.2, -0.15) is 0 Å². The Morgan fingerprint density at radius 3 is 2.71 bits per heavy atom. The number of benzene rings is 1. The maximum Gasteiger partial charge on any atom is 0.342 e. The van der Waals surface area contributed by atoms with E-state index < -0.39 is 5.97 Å². The molecule has 2 rings (SSSR count). The molecule has 4 heteroatoms. The van der Waals surface area contributed by atoms with Gasteiger partial charge < -0.3 is 14.3 Å². The van der Waals surface area contributed by atoms with Crippen molar-refractivity contribution < 1.29 is 19.1 Å². The van der Waals surface area contributed by atoms with Gasteiger partial charge in [0, 0.05) is 6.42 Å². The van der Waals surface area contributed by atoms with Crippen LogP contribution in [0.5, 0.6) is 5.75 Å². The normalized spacial score (nSPS) is 22.4.